The number of hydrogen-bond acceptors (Lipinski definition) is 7. The lowest BCUT2D eigenvalue weighted by Crippen LogP contribution is -2.44. The summed E-state index contributed by atoms with van der Waals surface area (Å²) in [6.07, 6.45) is 0.488. The Bertz CT molecular complexity index is 1530. The minimum absolute atomic E-state index is 0.0656. The third-order valence-electron chi connectivity index (χ3n) is 6.83. The highest BCUT2D eigenvalue weighted by atomic mass is 16.6. The van der Waals surface area contributed by atoms with E-state index in [0.717, 1.165) is 22.2 Å². The summed E-state index contributed by atoms with van der Waals surface area (Å²) in [4.78, 5) is 32.8. The van der Waals surface area contributed by atoms with Gasteiger partial charge in [0.05, 0.1) is 21.4 Å². The number of benzene rings is 4. The van der Waals surface area contributed by atoms with Crippen molar-refractivity contribution in [1.29, 1.82) is 0 Å². The third kappa shape index (κ3) is 6.71. The largest absolute Gasteiger partial charge is 0.384 e. The Hall–Kier alpha value is -5.16. The van der Waals surface area contributed by atoms with Gasteiger partial charge in [-0.3, -0.25) is 30.3 Å². The van der Waals surface area contributed by atoms with Crippen LogP contribution in [-0.4, -0.2) is 35.2 Å². The van der Waals surface area contributed by atoms with E-state index in [0.29, 0.717) is 29.5 Å². The van der Waals surface area contributed by atoms with Gasteiger partial charge in [-0.1, -0.05) is 70.5 Å². The zero-order valence-corrected chi connectivity index (χ0v) is 22.4. The number of rotatable bonds is 11. The molecule has 11 heteroatoms. The van der Waals surface area contributed by atoms with Crippen LogP contribution in [0.2, 0.25) is 0 Å². The van der Waals surface area contributed by atoms with Gasteiger partial charge in [0.1, 0.15) is 0 Å². The second kappa shape index (κ2) is 12.8. The van der Waals surface area contributed by atoms with Crippen molar-refractivity contribution >= 4 is 45.7 Å². The Morgan fingerprint density at radius 3 is 1.41 bits per heavy atom. The van der Waals surface area contributed by atoms with Crippen molar-refractivity contribution in [3.05, 3.63) is 144 Å². The summed E-state index contributed by atoms with van der Waals surface area (Å²) in [5, 5.41) is 34.2. The van der Waals surface area contributed by atoms with E-state index < -0.39 is 21.5 Å². The number of nitro benzene ring substituents is 3. The molecule has 4 aromatic carbocycles. The molecule has 0 aliphatic carbocycles. The van der Waals surface area contributed by atoms with Crippen LogP contribution in [-0.2, 0) is 4.74 Å². The standard InChI is InChI=1S/C30H26BN3O7/c1-21-3-5-22(6-4-21)29(19-20-41-2)30(23-7-13-26(14-8-23)32(35)36)31(24-9-15-27(16-10-24)33(37)38)25-11-17-28(18-12-25)34(39)40/h3-18H,19-20H2,1-2H3/b30-29+. The summed E-state index contributed by atoms with van der Waals surface area (Å²) in [5.41, 5.74) is 5.58. The van der Waals surface area contributed by atoms with E-state index in [-0.39, 0.29) is 17.1 Å². The van der Waals surface area contributed by atoms with Gasteiger partial charge in [-0.15, -0.1) is 0 Å². The van der Waals surface area contributed by atoms with Crippen LogP contribution in [0, 0.1) is 37.3 Å². The van der Waals surface area contributed by atoms with Gasteiger partial charge in [0.2, 0.25) is 6.71 Å². The lowest BCUT2D eigenvalue weighted by atomic mass is 9.34. The van der Waals surface area contributed by atoms with E-state index in [1.54, 1.807) is 43.5 Å². The van der Waals surface area contributed by atoms with Crippen molar-refractivity contribution in [3.63, 3.8) is 0 Å². The lowest BCUT2D eigenvalue weighted by Gasteiger charge is -2.24. The molecule has 0 atom stereocenters. The number of ether oxygens (including phenoxy) is 1. The smallest absolute Gasteiger partial charge is 0.269 e. The summed E-state index contributed by atoms with van der Waals surface area (Å²) in [5.74, 6) is 0. The Kier molecular flexibility index (Phi) is 9.00. The molecular formula is C30H26BN3O7. The average molecular weight is 551 g/mol. The van der Waals surface area contributed by atoms with Gasteiger partial charge < -0.3 is 4.74 Å². The average Bonchev–Trinajstić information content (AvgIpc) is 2.98. The van der Waals surface area contributed by atoms with E-state index >= 15 is 0 Å². The topological polar surface area (TPSA) is 139 Å². The highest BCUT2D eigenvalue weighted by Gasteiger charge is 2.30. The highest BCUT2D eigenvalue weighted by molar-refractivity contribution is 7.00. The molecule has 4 rings (SSSR count). The third-order valence-corrected chi connectivity index (χ3v) is 6.83. The van der Waals surface area contributed by atoms with Crippen LogP contribution in [0.1, 0.15) is 23.1 Å². The summed E-state index contributed by atoms with van der Waals surface area (Å²) in [6, 6.07) is 26.5. The maximum Gasteiger partial charge on any atom is 0.269 e. The molecule has 0 amide bonds. The van der Waals surface area contributed by atoms with Crippen LogP contribution in [0.15, 0.2) is 97.1 Å². The molecule has 10 nitrogen and oxygen atoms in total. The molecule has 0 unspecified atom stereocenters. The summed E-state index contributed by atoms with van der Waals surface area (Å²) in [6.45, 7) is 1.83. The molecular weight excluding hydrogens is 525 g/mol. The van der Waals surface area contributed by atoms with Gasteiger partial charge in [0.25, 0.3) is 17.1 Å². The molecule has 0 aliphatic heterocycles. The normalized spacial score (nSPS) is 11.5. The van der Waals surface area contributed by atoms with Crippen LogP contribution in [0.5, 0.6) is 0 Å². The zero-order valence-electron chi connectivity index (χ0n) is 22.4. The first kappa shape index (κ1) is 28.8. The van der Waals surface area contributed by atoms with Crippen molar-refractivity contribution in [3.8, 4) is 0 Å². The van der Waals surface area contributed by atoms with Crippen LogP contribution >= 0.6 is 0 Å². The fourth-order valence-electron chi connectivity index (χ4n) is 4.77. The van der Waals surface area contributed by atoms with Gasteiger partial charge in [-0.25, -0.2) is 0 Å². The SMILES string of the molecule is COCC/C(=C(\B(c1ccc([N+](=O)[O-])cc1)c1ccc([N+](=O)[O-])cc1)c1ccc([N+](=O)[O-])cc1)c1ccc(C)cc1. The van der Waals surface area contributed by atoms with Gasteiger partial charge in [-0.2, -0.15) is 0 Å². The van der Waals surface area contributed by atoms with Gasteiger partial charge in [-0.05, 0) is 42.2 Å². The Labute approximate surface area is 236 Å². The van der Waals surface area contributed by atoms with Crippen LogP contribution in [0.4, 0.5) is 17.1 Å². The highest BCUT2D eigenvalue weighted by Crippen LogP contribution is 2.33. The molecule has 0 bridgehead atoms. The van der Waals surface area contributed by atoms with Crippen molar-refractivity contribution in [2.45, 2.75) is 13.3 Å². The van der Waals surface area contributed by atoms with Crippen molar-refractivity contribution in [1.82, 2.24) is 0 Å². The van der Waals surface area contributed by atoms with Crippen LogP contribution < -0.4 is 10.9 Å². The Morgan fingerprint density at radius 1 is 0.634 bits per heavy atom. The van der Waals surface area contributed by atoms with E-state index in [9.17, 15) is 30.3 Å². The lowest BCUT2D eigenvalue weighted by molar-refractivity contribution is -0.385. The van der Waals surface area contributed by atoms with Crippen molar-refractivity contribution in [2.24, 2.45) is 0 Å². The Morgan fingerprint density at radius 2 is 1.02 bits per heavy atom. The molecule has 0 N–H and O–H groups in total. The molecule has 41 heavy (non-hydrogen) atoms. The summed E-state index contributed by atoms with van der Waals surface area (Å²) >= 11 is 0. The molecule has 0 fully saturated rings. The summed E-state index contributed by atoms with van der Waals surface area (Å²) in [7, 11) is 1.60. The molecule has 0 saturated carbocycles. The molecule has 0 aromatic heterocycles. The number of methoxy groups -OCH3 is 1. The number of hydrogen-bond donors (Lipinski definition) is 0. The molecule has 206 valence electrons. The predicted molar refractivity (Wildman–Crippen MR) is 159 cm³/mol. The first-order valence-corrected chi connectivity index (χ1v) is 12.7. The number of nitrogens with zero attached hydrogens (tertiary/aromatic N) is 3. The molecule has 0 radical (unpaired) electrons. The monoisotopic (exact) mass is 551 g/mol. The zero-order chi connectivity index (χ0) is 29.5. The molecule has 0 aliphatic rings. The first-order valence-electron chi connectivity index (χ1n) is 12.7. The molecule has 0 spiro atoms. The maximum atomic E-state index is 11.4. The van der Waals surface area contributed by atoms with E-state index in [2.05, 4.69) is 0 Å². The fourth-order valence-corrected chi connectivity index (χ4v) is 4.77. The second-order valence-electron chi connectivity index (χ2n) is 9.44. The minimum atomic E-state index is -0.536. The molecule has 4 aromatic rings. The van der Waals surface area contributed by atoms with Crippen molar-refractivity contribution < 1.29 is 19.5 Å². The summed E-state index contributed by atoms with van der Waals surface area (Å²) < 4.78 is 5.46. The van der Waals surface area contributed by atoms with E-state index in [1.807, 2.05) is 31.2 Å². The fraction of sp³-hybridized carbons (Fsp3) is 0.133. The molecule has 0 heterocycles. The van der Waals surface area contributed by atoms with Gasteiger partial charge in [0.15, 0.2) is 0 Å². The number of nitro groups is 3. The van der Waals surface area contributed by atoms with Crippen LogP contribution in [0.3, 0.4) is 0 Å². The number of non-ortho nitro benzene ring substituents is 3. The maximum absolute atomic E-state index is 11.4. The first-order chi connectivity index (χ1) is 19.7. The van der Waals surface area contributed by atoms with Crippen molar-refractivity contribution in [2.75, 3.05) is 13.7 Å². The Balaban J connectivity index is 2.07. The quantitative estimate of drug-likeness (QED) is 0.104. The molecule has 0 saturated heterocycles. The van der Waals surface area contributed by atoms with Gasteiger partial charge >= 0.3 is 0 Å². The van der Waals surface area contributed by atoms with E-state index in [1.165, 1.54) is 36.4 Å². The van der Waals surface area contributed by atoms with Crippen LogP contribution in [0.25, 0.3) is 11.0 Å². The number of aryl methyl sites for hydroxylation is 1. The minimum Gasteiger partial charge on any atom is -0.384 e. The predicted octanol–water partition coefficient (Wildman–Crippen LogP) is 5.52. The van der Waals surface area contributed by atoms with Gasteiger partial charge in [0, 0.05) is 43.5 Å². The second-order valence-corrected chi connectivity index (χ2v) is 9.44. The van der Waals surface area contributed by atoms with E-state index in [4.69, 9.17) is 4.74 Å².